The highest BCUT2D eigenvalue weighted by Crippen LogP contribution is 2.10. The molecule has 19 heavy (non-hydrogen) atoms. The first-order valence-corrected chi connectivity index (χ1v) is 6.27. The van der Waals surface area contributed by atoms with Crippen molar-refractivity contribution in [1.82, 2.24) is 15.3 Å². The molecular formula is C14H14ClN3O. The molecule has 0 unspecified atom stereocenters. The van der Waals surface area contributed by atoms with E-state index in [1.165, 1.54) is 0 Å². The van der Waals surface area contributed by atoms with Gasteiger partial charge in [-0.1, -0.05) is 17.7 Å². The second-order valence-corrected chi connectivity index (χ2v) is 4.66. The third-order valence-corrected chi connectivity index (χ3v) is 2.91. The number of hydrogen-bond donors (Lipinski definition) is 1. The van der Waals surface area contributed by atoms with Crippen LogP contribution in [0, 0.1) is 13.8 Å². The molecule has 2 aromatic rings. The Labute approximate surface area is 116 Å². The first kappa shape index (κ1) is 13.5. The van der Waals surface area contributed by atoms with Crippen molar-refractivity contribution < 1.29 is 4.79 Å². The van der Waals surface area contributed by atoms with Crippen LogP contribution in [0.4, 0.5) is 0 Å². The van der Waals surface area contributed by atoms with Gasteiger partial charge in [0.25, 0.3) is 5.91 Å². The number of carbonyl (C=O) groups is 1. The highest BCUT2D eigenvalue weighted by molar-refractivity contribution is 6.29. The molecular weight excluding hydrogens is 262 g/mol. The fourth-order valence-electron chi connectivity index (χ4n) is 1.73. The lowest BCUT2D eigenvalue weighted by Gasteiger charge is -2.07. The molecule has 0 aliphatic heterocycles. The molecule has 0 atom stereocenters. The summed E-state index contributed by atoms with van der Waals surface area (Å²) >= 11 is 5.83. The minimum Gasteiger partial charge on any atom is -0.346 e. The second kappa shape index (κ2) is 5.80. The lowest BCUT2D eigenvalue weighted by Crippen LogP contribution is -2.24. The molecule has 2 aromatic heterocycles. The Bertz CT molecular complexity index is 593. The summed E-state index contributed by atoms with van der Waals surface area (Å²) in [6.07, 6.45) is 1.71. The maximum absolute atomic E-state index is 12.0. The third kappa shape index (κ3) is 3.51. The van der Waals surface area contributed by atoms with Gasteiger partial charge in [-0.15, -0.1) is 0 Å². The summed E-state index contributed by atoms with van der Waals surface area (Å²) in [4.78, 5) is 20.3. The number of aromatic nitrogens is 2. The van der Waals surface area contributed by atoms with Gasteiger partial charge in [-0.3, -0.25) is 9.78 Å². The molecule has 2 heterocycles. The Balaban J connectivity index is 2.08. The average Bonchev–Trinajstić information content (AvgIpc) is 2.36. The van der Waals surface area contributed by atoms with Crippen molar-refractivity contribution in [2.24, 2.45) is 0 Å². The van der Waals surface area contributed by atoms with Gasteiger partial charge in [0.1, 0.15) is 5.15 Å². The summed E-state index contributed by atoms with van der Waals surface area (Å²) in [7, 11) is 0. The Morgan fingerprint density at radius 1 is 1.37 bits per heavy atom. The van der Waals surface area contributed by atoms with Crippen molar-refractivity contribution in [3.63, 3.8) is 0 Å². The number of carbonyl (C=O) groups excluding carboxylic acids is 1. The minimum absolute atomic E-state index is 0.183. The molecule has 0 saturated carbocycles. The molecule has 2 rings (SSSR count). The fraction of sp³-hybridized carbons (Fsp3) is 0.214. The highest BCUT2D eigenvalue weighted by atomic mass is 35.5. The van der Waals surface area contributed by atoms with E-state index in [2.05, 4.69) is 15.3 Å². The van der Waals surface area contributed by atoms with Crippen molar-refractivity contribution in [2.75, 3.05) is 0 Å². The average molecular weight is 276 g/mol. The molecule has 0 radical (unpaired) electrons. The van der Waals surface area contributed by atoms with Gasteiger partial charge < -0.3 is 5.32 Å². The monoisotopic (exact) mass is 275 g/mol. The normalized spacial score (nSPS) is 10.3. The van der Waals surface area contributed by atoms with E-state index in [1.807, 2.05) is 19.1 Å². The molecule has 0 saturated heterocycles. The van der Waals surface area contributed by atoms with E-state index in [9.17, 15) is 4.79 Å². The van der Waals surface area contributed by atoms with Gasteiger partial charge in [0, 0.05) is 17.5 Å². The lowest BCUT2D eigenvalue weighted by molar-refractivity contribution is 0.0950. The van der Waals surface area contributed by atoms with Gasteiger partial charge in [0.2, 0.25) is 0 Å². The highest BCUT2D eigenvalue weighted by Gasteiger charge is 2.08. The van der Waals surface area contributed by atoms with Crippen molar-refractivity contribution in [2.45, 2.75) is 20.4 Å². The molecule has 98 valence electrons. The number of halogens is 1. The summed E-state index contributed by atoms with van der Waals surface area (Å²) in [5, 5.41) is 3.14. The topological polar surface area (TPSA) is 54.9 Å². The molecule has 4 nitrogen and oxygen atoms in total. The van der Waals surface area contributed by atoms with Gasteiger partial charge in [-0.25, -0.2) is 4.98 Å². The first-order chi connectivity index (χ1) is 9.06. The molecule has 0 bridgehead atoms. The number of nitrogens with zero attached hydrogens (tertiary/aromatic N) is 2. The van der Waals surface area contributed by atoms with E-state index in [0.29, 0.717) is 23.0 Å². The summed E-state index contributed by atoms with van der Waals surface area (Å²) < 4.78 is 0. The summed E-state index contributed by atoms with van der Waals surface area (Å²) in [5.41, 5.74) is 3.12. The Kier molecular flexibility index (Phi) is 4.12. The number of aryl methyl sites for hydroxylation is 2. The predicted molar refractivity (Wildman–Crippen MR) is 74.1 cm³/mol. The van der Waals surface area contributed by atoms with Crippen LogP contribution in [0.15, 0.2) is 30.5 Å². The fourth-order valence-corrected chi connectivity index (χ4v) is 1.98. The van der Waals surface area contributed by atoms with Gasteiger partial charge in [-0.2, -0.15) is 0 Å². The zero-order valence-electron chi connectivity index (χ0n) is 10.8. The van der Waals surface area contributed by atoms with Crippen molar-refractivity contribution in [1.29, 1.82) is 0 Å². The second-order valence-electron chi connectivity index (χ2n) is 4.27. The molecule has 1 amide bonds. The Morgan fingerprint density at radius 2 is 2.16 bits per heavy atom. The van der Waals surface area contributed by atoms with E-state index in [4.69, 9.17) is 11.6 Å². The van der Waals surface area contributed by atoms with Crippen LogP contribution in [0.5, 0.6) is 0 Å². The van der Waals surface area contributed by atoms with E-state index in [-0.39, 0.29) is 5.91 Å². The van der Waals surface area contributed by atoms with Crippen LogP contribution in [0.2, 0.25) is 5.15 Å². The summed E-state index contributed by atoms with van der Waals surface area (Å²) in [6.45, 7) is 4.15. The first-order valence-electron chi connectivity index (χ1n) is 5.89. The standard InChI is InChI=1S/C14H14ClN3O/c1-9-4-3-5-16-12(9)8-17-14(19)11-6-10(2)18-13(15)7-11/h3-7H,8H2,1-2H3,(H,17,19). The van der Waals surface area contributed by atoms with E-state index >= 15 is 0 Å². The van der Waals surface area contributed by atoms with Crippen LogP contribution in [0.3, 0.4) is 0 Å². The minimum atomic E-state index is -0.183. The van der Waals surface area contributed by atoms with Gasteiger partial charge in [0.05, 0.1) is 12.2 Å². The zero-order valence-corrected chi connectivity index (χ0v) is 11.5. The summed E-state index contributed by atoms with van der Waals surface area (Å²) in [5.74, 6) is -0.183. The Morgan fingerprint density at radius 3 is 2.84 bits per heavy atom. The van der Waals surface area contributed by atoms with Gasteiger partial charge in [0.15, 0.2) is 0 Å². The van der Waals surface area contributed by atoms with Crippen LogP contribution in [-0.2, 0) is 6.54 Å². The largest absolute Gasteiger partial charge is 0.346 e. The quantitative estimate of drug-likeness (QED) is 0.876. The van der Waals surface area contributed by atoms with Crippen LogP contribution < -0.4 is 5.32 Å². The number of amides is 1. The number of nitrogens with one attached hydrogen (secondary N) is 1. The van der Waals surface area contributed by atoms with Crippen molar-refractivity contribution in [3.8, 4) is 0 Å². The maximum Gasteiger partial charge on any atom is 0.251 e. The zero-order chi connectivity index (χ0) is 13.8. The number of rotatable bonds is 3. The molecule has 0 spiro atoms. The molecule has 0 fully saturated rings. The number of hydrogen-bond acceptors (Lipinski definition) is 3. The SMILES string of the molecule is Cc1cc(C(=O)NCc2ncccc2C)cc(Cl)n1. The number of pyridine rings is 2. The molecule has 5 heteroatoms. The van der Waals surface area contributed by atoms with E-state index < -0.39 is 0 Å². The van der Waals surface area contributed by atoms with Gasteiger partial charge in [-0.05, 0) is 37.6 Å². The van der Waals surface area contributed by atoms with Crippen molar-refractivity contribution >= 4 is 17.5 Å². The smallest absolute Gasteiger partial charge is 0.251 e. The van der Waals surface area contributed by atoms with E-state index in [0.717, 1.165) is 11.3 Å². The molecule has 0 aliphatic carbocycles. The maximum atomic E-state index is 12.0. The van der Waals surface area contributed by atoms with Crippen LogP contribution >= 0.6 is 11.6 Å². The third-order valence-electron chi connectivity index (χ3n) is 2.72. The molecule has 1 N–H and O–H groups in total. The van der Waals surface area contributed by atoms with Crippen LogP contribution in [0.1, 0.15) is 27.3 Å². The lowest BCUT2D eigenvalue weighted by atomic mass is 10.2. The van der Waals surface area contributed by atoms with Crippen LogP contribution in [-0.4, -0.2) is 15.9 Å². The van der Waals surface area contributed by atoms with Crippen molar-refractivity contribution in [3.05, 3.63) is 58.1 Å². The summed E-state index contributed by atoms with van der Waals surface area (Å²) in [6, 6.07) is 7.08. The Hall–Kier alpha value is -1.94. The van der Waals surface area contributed by atoms with Crippen LogP contribution in [0.25, 0.3) is 0 Å². The van der Waals surface area contributed by atoms with Gasteiger partial charge >= 0.3 is 0 Å². The van der Waals surface area contributed by atoms with E-state index in [1.54, 1.807) is 25.3 Å². The molecule has 0 aliphatic rings. The predicted octanol–water partition coefficient (Wildman–Crippen LogP) is 2.68. The molecule has 0 aromatic carbocycles.